The number of hydrogen-bond donors (Lipinski definition) is 0. The van der Waals surface area contributed by atoms with E-state index in [1.807, 2.05) is 66.7 Å². The molecular weight excluding hydrogens is 286 g/mol. The maximum absolute atomic E-state index is 5.90. The number of hydrogen-bond acceptors (Lipinski definition) is 3. The lowest BCUT2D eigenvalue weighted by Crippen LogP contribution is -2.28. The van der Waals surface area contributed by atoms with Gasteiger partial charge in [0.05, 0.1) is 0 Å². The van der Waals surface area contributed by atoms with E-state index in [0.717, 1.165) is 36.9 Å². The summed E-state index contributed by atoms with van der Waals surface area (Å²) in [6.07, 6.45) is 3.77. The highest BCUT2D eigenvalue weighted by Gasteiger charge is 2.07. The fourth-order valence-corrected chi connectivity index (χ4v) is 2.18. The van der Waals surface area contributed by atoms with Gasteiger partial charge in [-0.2, -0.15) is 0 Å². The molecular formula is C20H23NO2. The predicted octanol–water partition coefficient (Wildman–Crippen LogP) is 4.53. The molecule has 0 amide bonds. The summed E-state index contributed by atoms with van der Waals surface area (Å²) in [5, 5.41) is 0. The lowest BCUT2D eigenvalue weighted by atomic mass is 10.3. The SMILES string of the molecule is C=CCN(CC=C)CCOc1ccccc1Oc1ccccc1. The average molecular weight is 309 g/mol. The van der Waals surface area contributed by atoms with Crippen molar-refractivity contribution in [3.05, 3.63) is 79.9 Å². The Bertz CT molecular complexity index is 600. The molecule has 0 saturated heterocycles. The van der Waals surface area contributed by atoms with E-state index in [1.54, 1.807) is 0 Å². The first-order valence-electron chi connectivity index (χ1n) is 7.72. The third-order valence-electron chi connectivity index (χ3n) is 3.26. The van der Waals surface area contributed by atoms with Crippen LogP contribution in [0.3, 0.4) is 0 Å². The first kappa shape index (κ1) is 16.8. The molecule has 2 aromatic carbocycles. The fourth-order valence-electron chi connectivity index (χ4n) is 2.18. The highest BCUT2D eigenvalue weighted by Crippen LogP contribution is 2.30. The number of benzene rings is 2. The molecule has 0 atom stereocenters. The summed E-state index contributed by atoms with van der Waals surface area (Å²) >= 11 is 0. The second kappa shape index (κ2) is 9.49. The summed E-state index contributed by atoms with van der Waals surface area (Å²) in [5.74, 6) is 2.26. The molecule has 0 fully saturated rings. The Balaban J connectivity index is 1.94. The van der Waals surface area contributed by atoms with Crippen molar-refractivity contribution in [2.24, 2.45) is 0 Å². The van der Waals surface area contributed by atoms with Crippen LogP contribution in [0.1, 0.15) is 0 Å². The molecule has 23 heavy (non-hydrogen) atoms. The van der Waals surface area contributed by atoms with E-state index in [9.17, 15) is 0 Å². The van der Waals surface area contributed by atoms with Crippen LogP contribution in [0.5, 0.6) is 17.2 Å². The van der Waals surface area contributed by atoms with Crippen LogP contribution in [0.2, 0.25) is 0 Å². The molecule has 3 heteroatoms. The summed E-state index contributed by atoms with van der Waals surface area (Å²) in [5.41, 5.74) is 0. The third-order valence-corrected chi connectivity index (χ3v) is 3.26. The van der Waals surface area contributed by atoms with Crippen LogP contribution >= 0.6 is 0 Å². The van der Waals surface area contributed by atoms with E-state index in [0.29, 0.717) is 6.61 Å². The van der Waals surface area contributed by atoms with E-state index >= 15 is 0 Å². The minimum absolute atomic E-state index is 0.580. The molecule has 0 bridgehead atoms. The lowest BCUT2D eigenvalue weighted by molar-refractivity contribution is 0.231. The van der Waals surface area contributed by atoms with Gasteiger partial charge in [0.2, 0.25) is 0 Å². The Kier molecular flexibility index (Phi) is 6.95. The number of rotatable bonds is 10. The molecule has 3 nitrogen and oxygen atoms in total. The van der Waals surface area contributed by atoms with Gasteiger partial charge in [-0.15, -0.1) is 13.2 Å². The van der Waals surface area contributed by atoms with Gasteiger partial charge in [0.1, 0.15) is 12.4 Å². The van der Waals surface area contributed by atoms with Crippen molar-refractivity contribution in [3.63, 3.8) is 0 Å². The maximum atomic E-state index is 5.90. The topological polar surface area (TPSA) is 21.7 Å². The van der Waals surface area contributed by atoms with Gasteiger partial charge in [-0.3, -0.25) is 4.90 Å². The number of para-hydroxylation sites is 3. The molecule has 0 N–H and O–H groups in total. The zero-order chi connectivity index (χ0) is 16.3. The Labute approximate surface area is 138 Å². The highest BCUT2D eigenvalue weighted by molar-refractivity contribution is 5.42. The van der Waals surface area contributed by atoms with Crippen LogP contribution in [0.4, 0.5) is 0 Å². The summed E-state index contributed by atoms with van der Waals surface area (Å²) < 4.78 is 11.8. The van der Waals surface area contributed by atoms with Crippen molar-refractivity contribution >= 4 is 0 Å². The van der Waals surface area contributed by atoms with Gasteiger partial charge in [-0.05, 0) is 24.3 Å². The molecule has 2 aromatic rings. The van der Waals surface area contributed by atoms with Crippen LogP contribution in [-0.2, 0) is 0 Å². The summed E-state index contributed by atoms with van der Waals surface area (Å²) in [4.78, 5) is 2.21. The Morgan fingerprint density at radius 1 is 0.826 bits per heavy atom. The fraction of sp³-hybridized carbons (Fsp3) is 0.200. The number of ether oxygens (including phenoxy) is 2. The van der Waals surface area contributed by atoms with Crippen LogP contribution in [-0.4, -0.2) is 31.1 Å². The van der Waals surface area contributed by atoms with Gasteiger partial charge in [0.25, 0.3) is 0 Å². The van der Waals surface area contributed by atoms with Gasteiger partial charge in [0, 0.05) is 19.6 Å². The molecule has 0 spiro atoms. The van der Waals surface area contributed by atoms with Crippen LogP contribution in [0.15, 0.2) is 79.9 Å². The van der Waals surface area contributed by atoms with Crippen molar-refractivity contribution < 1.29 is 9.47 Å². The zero-order valence-corrected chi connectivity index (χ0v) is 13.4. The predicted molar refractivity (Wildman–Crippen MR) is 95.3 cm³/mol. The van der Waals surface area contributed by atoms with Crippen molar-refractivity contribution in [2.75, 3.05) is 26.2 Å². The molecule has 0 aliphatic rings. The Morgan fingerprint density at radius 2 is 1.43 bits per heavy atom. The third kappa shape index (κ3) is 5.64. The minimum atomic E-state index is 0.580. The largest absolute Gasteiger partial charge is 0.488 e. The van der Waals surface area contributed by atoms with Crippen molar-refractivity contribution in [1.82, 2.24) is 4.90 Å². The van der Waals surface area contributed by atoms with Crippen molar-refractivity contribution in [1.29, 1.82) is 0 Å². The second-order valence-corrected chi connectivity index (χ2v) is 5.05. The van der Waals surface area contributed by atoms with Gasteiger partial charge >= 0.3 is 0 Å². The highest BCUT2D eigenvalue weighted by atomic mass is 16.5. The van der Waals surface area contributed by atoms with Crippen molar-refractivity contribution in [2.45, 2.75) is 0 Å². The van der Waals surface area contributed by atoms with Crippen LogP contribution in [0, 0.1) is 0 Å². The monoisotopic (exact) mass is 309 g/mol. The minimum Gasteiger partial charge on any atom is -0.488 e. The van der Waals surface area contributed by atoms with E-state index in [1.165, 1.54) is 0 Å². The maximum Gasteiger partial charge on any atom is 0.169 e. The lowest BCUT2D eigenvalue weighted by Gasteiger charge is -2.19. The van der Waals surface area contributed by atoms with Crippen LogP contribution < -0.4 is 9.47 Å². The standard InChI is InChI=1S/C20H23NO2/c1-3-14-21(15-4-2)16-17-22-19-12-8-9-13-20(19)23-18-10-6-5-7-11-18/h3-13H,1-2,14-17H2. The quantitative estimate of drug-likeness (QED) is 0.602. The molecule has 2 rings (SSSR count). The molecule has 0 aliphatic carbocycles. The molecule has 0 aliphatic heterocycles. The Morgan fingerprint density at radius 3 is 2.09 bits per heavy atom. The average Bonchev–Trinajstić information content (AvgIpc) is 2.58. The van der Waals surface area contributed by atoms with E-state index < -0.39 is 0 Å². The smallest absolute Gasteiger partial charge is 0.169 e. The second-order valence-electron chi connectivity index (χ2n) is 5.05. The molecule has 0 unspecified atom stereocenters. The molecule has 0 heterocycles. The Hall–Kier alpha value is -2.52. The normalized spacial score (nSPS) is 10.3. The molecule has 0 radical (unpaired) electrons. The zero-order valence-electron chi connectivity index (χ0n) is 13.4. The summed E-state index contributed by atoms with van der Waals surface area (Å²) in [7, 11) is 0. The summed E-state index contributed by atoms with van der Waals surface area (Å²) in [6, 6.07) is 17.4. The first-order chi connectivity index (χ1) is 11.3. The van der Waals surface area contributed by atoms with E-state index in [2.05, 4.69) is 18.1 Å². The van der Waals surface area contributed by atoms with E-state index in [4.69, 9.17) is 9.47 Å². The molecule has 120 valence electrons. The molecule has 0 saturated carbocycles. The summed E-state index contributed by atoms with van der Waals surface area (Å²) in [6.45, 7) is 10.6. The van der Waals surface area contributed by atoms with Crippen LogP contribution in [0.25, 0.3) is 0 Å². The first-order valence-corrected chi connectivity index (χ1v) is 7.72. The van der Waals surface area contributed by atoms with Gasteiger partial charge in [0.15, 0.2) is 11.5 Å². The van der Waals surface area contributed by atoms with Gasteiger partial charge < -0.3 is 9.47 Å². The van der Waals surface area contributed by atoms with Gasteiger partial charge in [-0.1, -0.05) is 42.5 Å². The van der Waals surface area contributed by atoms with Gasteiger partial charge in [-0.25, -0.2) is 0 Å². The number of nitrogens with zero attached hydrogens (tertiary/aromatic N) is 1. The van der Waals surface area contributed by atoms with E-state index in [-0.39, 0.29) is 0 Å². The molecule has 0 aromatic heterocycles. The van der Waals surface area contributed by atoms with Crippen molar-refractivity contribution in [3.8, 4) is 17.2 Å².